The molecule has 0 radical (unpaired) electrons. The van der Waals surface area contributed by atoms with Crippen LogP contribution in [0, 0.1) is 5.92 Å². The van der Waals surface area contributed by atoms with Crippen molar-refractivity contribution < 1.29 is 13.5 Å². The number of alkyl halides is 2. The summed E-state index contributed by atoms with van der Waals surface area (Å²) in [6.07, 6.45) is -1.27. The van der Waals surface area contributed by atoms with E-state index in [1.165, 1.54) is 0 Å². The molecule has 2 fully saturated rings. The lowest BCUT2D eigenvalue weighted by molar-refractivity contribution is -0.0167. The van der Waals surface area contributed by atoms with Crippen LogP contribution in [0.2, 0.25) is 0 Å². The Bertz CT molecular complexity index is 524. The molecule has 0 unspecified atom stereocenters. The molecule has 2 aliphatic rings. The zero-order valence-corrected chi connectivity index (χ0v) is 14.4. The van der Waals surface area contributed by atoms with Crippen LogP contribution in [0.5, 0.6) is 0 Å². The van der Waals surface area contributed by atoms with Crippen molar-refractivity contribution in [1.29, 1.82) is 0 Å². The molecule has 0 aliphatic carbocycles. The molecule has 136 valence electrons. The molecule has 0 bridgehead atoms. The highest BCUT2D eigenvalue weighted by Crippen LogP contribution is 2.27. The van der Waals surface area contributed by atoms with Gasteiger partial charge in [-0.1, -0.05) is 5.10 Å². The molecule has 0 spiro atoms. The normalized spacial score (nSPS) is 21.6. The molecule has 2 aliphatic heterocycles. The van der Waals surface area contributed by atoms with Crippen molar-refractivity contribution in [2.24, 2.45) is 5.92 Å². The van der Waals surface area contributed by atoms with E-state index in [9.17, 15) is 8.78 Å². The summed E-state index contributed by atoms with van der Waals surface area (Å²) in [6.45, 7) is 9.43. The summed E-state index contributed by atoms with van der Waals surface area (Å²) < 4.78 is 32.9. The number of tetrazole rings is 1. The summed E-state index contributed by atoms with van der Waals surface area (Å²) in [5, 5.41) is 12.1. The quantitative estimate of drug-likeness (QED) is 0.802. The predicted octanol–water partition coefficient (Wildman–Crippen LogP) is 1.27. The predicted molar refractivity (Wildman–Crippen MR) is 85.2 cm³/mol. The Morgan fingerprint density at radius 3 is 2.46 bits per heavy atom. The van der Waals surface area contributed by atoms with Crippen molar-refractivity contribution in [1.82, 2.24) is 25.1 Å². The van der Waals surface area contributed by atoms with E-state index in [0.29, 0.717) is 38.4 Å². The van der Waals surface area contributed by atoms with Gasteiger partial charge in [0.05, 0.1) is 19.8 Å². The highest BCUT2D eigenvalue weighted by molar-refractivity contribution is 5.29. The third-order valence-corrected chi connectivity index (χ3v) is 5.10. The van der Waals surface area contributed by atoms with E-state index in [1.807, 2.05) is 4.90 Å². The van der Waals surface area contributed by atoms with Crippen LogP contribution in [0.1, 0.15) is 26.7 Å². The third-order valence-electron chi connectivity index (χ3n) is 5.10. The number of morpholine rings is 1. The molecule has 0 N–H and O–H groups in total. The van der Waals surface area contributed by atoms with Gasteiger partial charge in [-0.2, -0.15) is 0 Å². The number of ether oxygens (including phenoxy) is 1. The van der Waals surface area contributed by atoms with Crippen LogP contribution in [0.15, 0.2) is 0 Å². The third kappa shape index (κ3) is 3.83. The average Bonchev–Trinajstić information content (AvgIpc) is 3.03. The van der Waals surface area contributed by atoms with E-state index >= 15 is 0 Å². The second-order valence-corrected chi connectivity index (χ2v) is 7.21. The smallest absolute Gasteiger partial charge is 0.245 e. The maximum Gasteiger partial charge on any atom is 0.245 e. The molecule has 3 rings (SSSR count). The molecular formula is C15H26F2N6O. The Hall–Kier alpha value is -1.35. The van der Waals surface area contributed by atoms with Gasteiger partial charge in [0.25, 0.3) is 0 Å². The van der Waals surface area contributed by atoms with Crippen LogP contribution in [0.3, 0.4) is 0 Å². The summed E-state index contributed by atoms with van der Waals surface area (Å²) in [7, 11) is 0. The number of nitrogens with zero attached hydrogens (tertiary/aromatic N) is 6. The van der Waals surface area contributed by atoms with Crippen LogP contribution in [-0.2, 0) is 11.3 Å². The molecule has 7 nitrogen and oxygen atoms in total. The first-order chi connectivity index (χ1) is 11.5. The maximum atomic E-state index is 12.8. The number of piperidine rings is 1. The molecule has 9 heteroatoms. The van der Waals surface area contributed by atoms with Crippen LogP contribution in [0.25, 0.3) is 0 Å². The molecule has 0 aromatic carbocycles. The average molecular weight is 344 g/mol. The summed E-state index contributed by atoms with van der Waals surface area (Å²) in [5.41, 5.74) is -0.102. The van der Waals surface area contributed by atoms with Crippen molar-refractivity contribution >= 4 is 5.95 Å². The highest BCUT2D eigenvalue weighted by Gasteiger charge is 2.32. The molecule has 24 heavy (non-hydrogen) atoms. The van der Waals surface area contributed by atoms with Gasteiger partial charge in [-0.3, -0.25) is 4.90 Å². The minimum absolute atomic E-state index is 0.102. The molecular weight excluding hydrogens is 318 g/mol. The second kappa shape index (κ2) is 7.26. The van der Waals surface area contributed by atoms with E-state index in [4.69, 9.17) is 4.74 Å². The van der Waals surface area contributed by atoms with Crippen molar-refractivity contribution in [3.8, 4) is 0 Å². The van der Waals surface area contributed by atoms with E-state index in [0.717, 1.165) is 26.3 Å². The van der Waals surface area contributed by atoms with Gasteiger partial charge in [-0.05, 0) is 37.1 Å². The van der Waals surface area contributed by atoms with Gasteiger partial charge in [0.1, 0.15) is 0 Å². The molecule has 3 heterocycles. The van der Waals surface area contributed by atoms with E-state index in [-0.39, 0.29) is 5.54 Å². The Labute approximate surface area is 140 Å². The SMILES string of the molecule is CC(C)(Cn1nnnc1N1CCC(C(F)F)CC1)N1CCOCC1. The number of anilines is 1. The fourth-order valence-corrected chi connectivity index (χ4v) is 3.52. The van der Waals surface area contributed by atoms with Gasteiger partial charge in [0.15, 0.2) is 0 Å². The van der Waals surface area contributed by atoms with Crippen molar-refractivity contribution in [2.45, 2.75) is 45.2 Å². The van der Waals surface area contributed by atoms with Gasteiger partial charge in [-0.25, -0.2) is 13.5 Å². The Morgan fingerprint density at radius 1 is 1.17 bits per heavy atom. The monoisotopic (exact) mass is 344 g/mol. The van der Waals surface area contributed by atoms with Gasteiger partial charge in [0.2, 0.25) is 12.4 Å². The molecule has 1 aromatic heterocycles. The minimum atomic E-state index is -2.23. The first kappa shape index (κ1) is 17.5. The zero-order chi connectivity index (χ0) is 17.2. The number of halogens is 2. The number of rotatable bonds is 5. The van der Waals surface area contributed by atoms with Gasteiger partial charge < -0.3 is 9.64 Å². The number of hydrogen-bond acceptors (Lipinski definition) is 6. The highest BCUT2D eigenvalue weighted by atomic mass is 19.3. The lowest BCUT2D eigenvalue weighted by atomic mass is 9.98. The molecule has 0 saturated carbocycles. The molecule has 1 aromatic rings. The summed E-state index contributed by atoms with van der Waals surface area (Å²) in [4.78, 5) is 4.40. The summed E-state index contributed by atoms with van der Waals surface area (Å²) in [6, 6.07) is 0. The minimum Gasteiger partial charge on any atom is -0.379 e. The lowest BCUT2D eigenvalue weighted by Crippen LogP contribution is -2.52. The zero-order valence-electron chi connectivity index (χ0n) is 14.4. The van der Waals surface area contributed by atoms with Crippen molar-refractivity contribution in [2.75, 3.05) is 44.3 Å². The Balaban J connectivity index is 1.65. The lowest BCUT2D eigenvalue weighted by Gasteiger charge is -2.41. The van der Waals surface area contributed by atoms with Crippen molar-refractivity contribution in [3.63, 3.8) is 0 Å². The van der Waals surface area contributed by atoms with Crippen LogP contribution in [0.4, 0.5) is 14.7 Å². The standard InChI is InChI=1S/C15H26F2N6O/c1-15(2,22-7-9-24-10-8-22)11-23-14(18-19-20-23)21-5-3-12(4-6-21)13(16)17/h12-13H,3-11H2,1-2H3. The van der Waals surface area contributed by atoms with Crippen LogP contribution in [-0.4, -0.2) is 76.5 Å². The Kier molecular flexibility index (Phi) is 5.29. The molecule has 0 amide bonds. The van der Waals surface area contributed by atoms with Crippen molar-refractivity contribution in [3.05, 3.63) is 0 Å². The van der Waals surface area contributed by atoms with E-state index in [2.05, 4.69) is 34.3 Å². The largest absolute Gasteiger partial charge is 0.379 e. The first-order valence-electron chi connectivity index (χ1n) is 8.59. The Morgan fingerprint density at radius 2 is 1.83 bits per heavy atom. The topological polar surface area (TPSA) is 59.3 Å². The van der Waals surface area contributed by atoms with Gasteiger partial charge in [0, 0.05) is 37.6 Å². The summed E-state index contributed by atoms with van der Waals surface area (Å²) >= 11 is 0. The number of hydrogen-bond donors (Lipinski definition) is 0. The molecule has 0 atom stereocenters. The molecule has 2 saturated heterocycles. The van der Waals surface area contributed by atoms with Crippen LogP contribution < -0.4 is 4.90 Å². The fourth-order valence-electron chi connectivity index (χ4n) is 3.52. The first-order valence-corrected chi connectivity index (χ1v) is 8.59. The van der Waals surface area contributed by atoms with E-state index in [1.54, 1.807) is 4.68 Å². The van der Waals surface area contributed by atoms with E-state index < -0.39 is 12.3 Å². The number of aromatic nitrogens is 4. The summed E-state index contributed by atoms with van der Waals surface area (Å²) in [5.74, 6) is 0.180. The van der Waals surface area contributed by atoms with Crippen LogP contribution >= 0.6 is 0 Å². The second-order valence-electron chi connectivity index (χ2n) is 7.21. The van der Waals surface area contributed by atoms with Gasteiger partial charge >= 0.3 is 0 Å². The fraction of sp³-hybridized carbons (Fsp3) is 0.933. The van der Waals surface area contributed by atoms with Gasteiger partial charge in [-0.15, -0.1) is 0 Å². The maximum absolute atomic E-state index is 12.8.